The van der Waals surface area contributed by atoms with Gasteiger partial charge in [0, 0.05) is 0 Å². The zero-order valence-electron chi connectivity index (χ0n) is 11.6. The number of nitrogens with two attached hydrogens (primary N) is 1. The van der Waals surface area contributed by atoms with Gasteiger partial charge in [0.15, 0.2) is 0 Å². The number of ether oxygens (including phenoxy) is 1. The highest BCUT2D eigenvalue weighted by Crippen LogP contribution is 2.29. The molecule has 0 bridgehead atoms. The SMILES string of the molecule is CCCc1c(N)ncnc1Oc1cc(C)ccc1C. The molecular formula is C15H19N3O. The number of nitrogen functional groups attached to an aromatic ring is 1. The molecule has 1 heterocycles. The molecule has 0 saturated heterocycles. The molecule has 1 aromatic carbocycles. The lowest BCUT2D eigenvalue weighted by atomic mass is 10.1. The smallest absolute Gasteiger partial charge is 0.227 e. The summed E-state index contributed by atoms with van der Waals surface area (Å²) in [4.78, 5) is 8.24. The number of aromatic nitrogens is 2. The van der Waals surface area contributed by atoms with Crippen LogP contribution >= 0.6 is 0 Å². The average Bonchev–Trinajstić information content (AvgIpc) is 2.38. The summed E-state index contributed by atoms with van der Waals surface area (Å²) in [5.41, 5.74) is 9.01. The van der Waals surface area contributed by atoms with Gasteiger partial charge in [-0.15, -0.1) is 0 Å². The summed E-state index contributed by atoms with van der Waals surface area (Å²) in [7, 11) is 0. The van der Waals surface area contributed by atoms with E-state index in [2.05, 4.69) is 23.0 Å². The molecule has 0 radical (unpaired) electrons. The van der Waals surface area contributed by atoms with Crippen LogP contribution in [0.4, 0.5) is 5.82 Å². The molecule has 4 nitrogen and oxygen atoms in total. The Morgan fingerprint density at radius 3 is 2.74 bits per heavy atom. The third-order valence-electron chi connectivity index (χ3n) is 2.99. The summed E-state index contributed by atoms with van der Waals surface area (Å²) in [6.07, 6.45) is 3.22. The predicted molar refractivity (Wildman–Crippen MR) is 76.4 cm³/mol. The van der Waals surface area contributed by atoms with E-state index in [1.807, 2.05) is 26.0 Å². The van der Waals surface area contributed by atoms with Crippen LogP contribution in [0.15, 0.2) is 24.5 Å². The number of benzene rings is 1. The lowest BCUT2D eigenvalue weighted by molar-refractivity contribution is 0.451. The second-order valence-electron chi connectivity index (χ2n) is 4.66. The summed E-state index contributed by atoms with van der Waals surface area (Å²) in [6, 6.07) is 6.10. The standard InChI is InChI=1S/C15H19N3O/c1-4-5-12-14(16)17-9-18-15(12)19-13-8-10(2)6-7-11(13)3/h6-9H,4-5H2,1-3H3,(H2,16,17,18). The highest BCUT2D eigenvalue weighted by atomic mass is 16.5. The Bertz CT molecular complexity index is 582. The third-order valence-corrected chi connectivity index (χ3v) is 2.99. The highest BCUT2D eigenvalue weighted by molar-refractivity contribution is 5.47. The van der Waals surface area contributed by atoms with Crippen LogP contribution in [-0.2, 0) is 6.42 Å². The number of aryl methyl sites for hydroxylation is 2. The number of anilines is 1. The first-order valence-corrected chi connectivity index (χ1v) is 6.46. The van der Waals surface area contributed by atoms with Crippen LogP contribution in [0.2, 0.25) is 0 Å². The van der Waals surface area contributed by atoms with Crippen LogP contribution in [-0.4, -0.2) is 9.97 Å². The van der Waals surface area contributed by atoms with E-state index in [-0.39, 0.29) is 0 Å². The molecule has 0 saturated carbocycles. The van der Waals surface area contributed by atoms with E-state index in [1.165, 1.54) is 6.33 Å². The summed E-state index contributed by atoms with van der Waals surface area (Å²) < 4.78 is 5.92. The maximum atomic E-state index is 5.92. The molecular weight excluding hydrogens is 238 g/mol. The highest BCUT2D eigenvalue weighted by Gasteiger charge is 2.11. The maximum absolute atomic E-state index is 5.92. The van der Waals surface area contributed by atoms with Crippen LogP contribution in [0.1, 0.15) is 30.0 Å². The van der Waals surface area contributed by atoms with Crippen molar-refractivity contribution in [3.63, 3.8) is 0 Å². The number of hydrogen-bond acceptors (Lipinski definition) is 4. The molecule has 0 aliphatic carbocycles. The van der Waals surface area contributed by atoms with Gasteiger partial charge in [0.05, 0.1) is 5.56 Å². The Balaban J connectivity index is 2.37. The molecule has 2 N–H and O–H groups in total. The molecule has 0 atom stereocenters. The van der Waals surface area contributed by atoms with Gasteiger partial charge < -0.3 is 10.5 Å². The van der Waals surface area contributed by atoms with Gasteiger partial charge in [-0.3, -0.25) is 0 Å². The van der Waals surface area contributed by atoms with E-state index >= 15 is 0 Å². The summed E-state index contributed by atoms with van der Waals surface area (Å²) in [5.74, 6) is 1.87. The molecule has 4 heteroatoms. The van der Waals surface area contributed by atoms with Crippen LogP contribution < -0.4 is 10.5 Å². The van der Waals surface area contributed by atoms with E-state index in [4.69, 9.17) is 10.5 Å². The fourth-order valence-corrected chi connectivity index (χ4v) is 1.90. The topological polar surface area (TPSA) is 61.0 Å². The predicted octanol–water partition coefficient (Wildman–Crippen LogP) is 3.42. The monoisotopic (exact) mass is 257 g/mol. The molecule has 2 aromatic rings. The Morgan fingerprint density at radius 1 is 1.21 bits per heavy atom. The van der Waals surface area contributed by atoms with Crippen molar-refractivity contribution in [2.24, 2.45) is 0 Å². The lowest BCUT2D eigenvalue weighted by Crippen LogP contribution is -2.03. The van der Waals surface area contributed by atoms with Crippen molar-refractivity contribution in [2.45, 2.75) is 33.6 Å². The fraction of sp³-hybridized carbons (Fsp3) is 0.333. The zero-order chi connectivity index (χ0) is 13.8. The van der Waals surface area contributed by atoms with Crippen molar-refractivity contribution in [2.75, 3.05) is 5.73 Å². The molecule has 1 aromatic heterocycles. The largest absolute Gasteiger partial charge is 0.438 e. The Kier molecular flexibility index (Phi) is 4.00. The Labute approximate surface area is 113 Å². The van der Waals surface area contributed by atoms with Crippen LogP contribution in [0.3, 0.4) is 0 Å². The molecule has 19 heavy (non-hydrogen) atoms. The minimum atomic E-state index is 0.497. The Hall–Kier alpha value is -2.10. The van der Waals surface area contributed by atoms with Crippen molar-refractivity contribution in [1.82, 2.24) is 9.97 Å². The number of rotatable bonds is 4. The number of nitrogens with zero attached hydrogens (tertiary/aromatic N) is 2. The second-order valence-corrected chi connectivity index (χ2v) is 4.66. The summed E-state index contributed by atoms with van der Waals surface area (Å²) in [6.45, 7) is 6.14. The van der Waals surface area contributed by atoms with Crippen molar-refractivity contribution in [3.8, 4) is 11.6 Å². The average molecular weight is 257 g/mol. The molecule has 0 spiro atoms. The first-order chi connectivity index (χ1) is 9.11. The van der Waals surface area contributed by atoms with Crippen molar-refractivity contribution in [3.05, 3.63) is 41.2 Å². The van der Waals surface area contributed by atoms with E-state index in [0.29, 0.717) is 11.7 Å². The third kappa shape index (κ3) is 3.02. The van der Waals surface area contributed by atoms with E-state index in [0.717, 1.165) is 35.3 Å². The first kappa shape index (κ1) is 13.3. The molecule has 0 aliphatic heterocycles. The van der Waals surface area contributed by atoms with Gasteiger partial charge in [0.1, 0.15) is 17.9 Å². The van der Waals surface area contributed by atoms with E-state index in [1.54, 1.807) is 0 Å². The second kappa shape index (κ2) is 5.69. The van der Waals surface area contributed by atoms with Gasteiger partial charge in [-0.25, -0.2) is 9.97 Å². The molecule has 2 rings (SSSR count). The lowest BCUT2D eigenvalue weighted by Gasteiger charge is -2.12. The minimum absolute atomic E-state index is 0.497. The summed E-state index contributed by atoms with van der Waals surface area (Å²) >= 11 is 0. The fourth-order valence-electron chi connectivity index (χ4n) is 1.90. The van der Waals surface area contributed by atoms with E-state index < -0.39 is 0 Å². The van der Waals surface area contributed by atoms with E-state index in [9.17, 15) is 0 Å². The quantitative estimate of drug-likeness (QED) is 0.911. The van der Waals surface area contributed by atoms with Gasteiger partial charge in [-0.1, -0.05) is 25.5 Å². The van der Waals surface area contributed by atoms with Gasteiger partial charge in [0.2, 0.25) is 5.88 Å². The molecule has 0 aliphatic rings. The van der Waals surface area contributed by atoms with Gasteiger partial charge in [0.25, 0.3) is 0 Å². The molecule has 0 fully saturated rings. The van der Waals surface area contributed by atoms with Gasteiger partial charge >= 0.3 is 0 Å². The van der Waals surface area contributed by atoms with Gasteiger partial charge in [-0.2, -0.15) is 0 Å². The first-order valence-electron chi connectivity index (χ1n) is 6.46. The minimum Gasteiger partial charge on any atom is -0.438 e. The van der Waals surface area contributed by atoms with Crippen LogP contribution in [0.5, 0.6) is 11.6 Å². The van der Waals surface area contributed by atoms with Crippen LogP contribution in [0, 0.1) is 13.8 Å². The van der Waals surface area contributed by atoms with Gasteiger partial charge in [-0.05, 0) is 37.5 Å². The van der Waals surface area contributed by atoms with Crippen molar-refractivity contribution >= 4 is 5.82 Å². The molecule has 100 valence electrons. The van der Waals surface area contributed by atoms with Crippen molar-refractivity contribution < 1.29 is 4.74 Å². The van der Waals surface area contributed by atoms with Crippen molar-refractivity contribution in [1.29, 1.82) is 0 Å². The summed E-state index contributed by atoms with van der Waals surface area (Å²) in [5, 5.41) is 0. The maximum Gasteiger partial charge on any atom is 0.227 e. The Morgan fingerprint density at radius 2 is 2.00 bits per heavy atom. The normalized spacial score (nSPS) is 10.5. The molecule has 0 unspecified atom stereocenters. The van der Waals surface area contributed by atoms with Crippen LogP contribution in [0.25, 0.3) is 0 Å². The number of hydrogen-bond donors (Lipinski definition) is 1. The molecule has 0 amide bonds. The zero-order valence-corrected chi connectivity index (χ0v) is 11.6.